The topological polar surface area (TPSA) is 48.8 Å². The van der Waals surface area contributed by atoms with Gasteiger partial charge in [0, 0.05) is 43.9 Å². The number of benzene rings is 8. The van der Waals surface area contributed by atoms with E-state index < -0.39 is 0 Å². The second kappa shape index (κ2) is 12.4. The minimum atomic E-state index is 0.664. The first-order valence-corrected chi connectivity index (χ1v) is 19.2. The third-order valence-corrected chi connectivity index (χ3v) is 11.4. The Balaban J connectivity index is 1.08. The number of hydrogen-bond donors (Lipinski definition) is 0. The van der Waals surface area contributed by atoms with Crippen molar-refractivity contribution in [2.45, 2.75) is 0 Å². The van der Waals surface area contributed by atoms with Crippen LogP contribution in [0, 0.1) is 0 Å². The second-order valence-electron chi connectivity index (χ2n) is 14.6. The average molecular weight is 729 g/mol. The maximum Gasteiger partial charge on any atom is 0.180 e. The van der Waals surface area contributed by atoms with Gasteiger partial charge in [0.2, 0.25) is 0 Å². The van der Waals surface area contributed by atoms with Crippen molar-refractivity contribution in [1.82, 2.24) is 19.1 Å². The van der Waals surface area contributed by atoms with Gasteiger partial charge < -0.3 is 13.6 Å². The quantitative estimate of drug-likeness (QED) is 0.177. The highest BCUT2D eigenvalue weighted by Gasteiger charge is 2.21. The molecule has 5 nitrogen and oxygen atoms in total. The molecule has 0 amide bonds. The van der Waals surface area contributed by atoms with Gasteiger partial charge in [0.25, 0.3) is 0 Å². The van der Waals surface area contributed by atoms with Crippen molar-refractivity contribution in [2.75, 3.05) is 0 Å². The molecule has 0 N–H and O–H groups in total. The molecule has 4 aromatic heterocycles. The fourth-order valence-corrected chi connectivity index (χ4v) is 8.84. The van der Waals surface area contributed by atoms with Gasteiger partial charge in [0.05, 0.1) is 22.1 Å². The van der Waals surface area contributed by atoms with Crippen molar-refractivity contribution in [3.05, 3.63) is 194 Å². The summed E-state index contributed by atoms with van der Waals surface area (Å²) < 4.78 is 11.5. The molecule has 0 fully saturated rings. The lowest BCUT2D eigenvalue weighted by molar-refractivity contribution is 0.667. The number of para-hydroxylation sites is 4. The first-order chi connectivity index (χ1) is 28.3. The predicted molar refractivity (Wildman–Crippen MR) is 234 cm³/mol. The number of furan rings is 1. The van der Waals surface area contributed by atoms with E-state index in [1.165, 1.54) is 32.7 Å². The Hall–Kier alpha value is -7.76. The lowest BCUT2D eigenvalue weighted by atomic mass is 9.99. The molecule has 12 rings (SSSR count). The molecule has 0 spiro atoms. The minimum absolute atomic E-state index is 0.664. The van der Waals surface area contributed by atoms with Gasteiger partial charge >= 0.3 is 0 Å². The van der Waals surface area contributed by atoms with Crippen LogP contribution in [-0.2, 0) is 0 Å². The van der Waals surface area contributed by atoms with Crippen LogP contribution in [-0.4, -0.2) is 19.1 Å². The molecule has 0 bridgehead atoms. The minimum Gasteiger partial charge on any atom is -0.452 e. The molecule has 57 heavy (non-hydrogen) atoms. The Morgan fingerprint density at radius 2 is 0.807 bits per heavy atom. The highest BCUT2D eigenvalue weighted by atomic mass is 16.3. The number of rotatable bonds is 5. The molecule has 0 unspecified atom stereocenters. The summed E-state index contributed by atoms with van der Waals surface area (Å²) in [6, 6.07) is 66.9. The van der Waals surface area contributed by atoms with E-state index >= 15 is 0 Å². The molecule has 8 aromatic carbocycles. The number of aromatic nitrogens is 4. The molecule has 0 aliphatic heterocycles. The summed E-state index contributed by atoms with van der Waals surface area (Å²) >= 11 is 0. The van der Waals surface area contributed by atoms with Crippen molar-refractivity contribution in [2.24, 2.45) is 0 Å². The lowest BCUT2D eigenvalue weighted by Crippen LogP contribution is -2.00. The molecule has 0 aliphatic carbocycles. The summed E-state index contributed by atoms with van der Waals surface area (Å²) in [5.41, 5.74) is 15.2. The van der Waals surface area contributed by atoms with Crippen molar-refractivity contribution < 1.29 is 4.42 Å². The Labute approximate surface area is 327 Å². The van der Waals surface area contributed by atoms with E-state index in [1.807, 2.05) is 6.07 Å². The van der Waals surface area contributed by atoms with Crippen LogP contribution in [0.15, 0.2) is 199 Å². The summed E-state index contributed by atoms with van der Waals surface area (Å²) in [6.07, 6.45) is 1.67. The van der Waals surface area contributed by atoms with E-state index in [2.05, 4.69) is 191 Å². The molecule has 0 radical (unpaired) electrons. The summed E-state index contributed by atoms with van der Waals surface area (Å²) in [5.74, 6) is 0. The van der Waals surface area contributed by atoms with Gasteiger partial charge in [0.1, 0.15) is 23.1 Å². The Morgan fingerprint density at radius 3 is 1.35 bits per heavy atom. The molecule has 5 heteroatoms. The fraction of sp³-hybridized carbons (Fsp3) is 0. The van der Waals surface area contributed by atoms with Gasteiger partial charge in [-0.15, -0.1) is 0 Å². The number of hydrogen-bond acceptors (Lipinski definition) is 3. The van der Waals surface area contributed by atoms with E-state index in [0.717, 1.165) is 72.3 Å². The molecule has 4 heterocycles. The molecule has 0 atom stereocenters. The van der Waals surface area contributed by atoms with Gasteiger partial charge in [-0.1, -0.05) is 133 Å². The monoisotopic (exact) mass is 728 g/mol. The van der Waals surface area contributed by atoms with Crippen LogP contribution in [0.25, 0.3) is 111 Å². The third kappa shape index (κ3) is 4.89. The van der Waals surface area contributed by atoms with E-state index in [0.29, 0.717) is 5.58 Å². The van der Waals surface area contributed by atoms with E-state index in [1.54, 1.807) is 6.33 Å². The standard InChI is InChI=1S/C52H32N4O/c1-2-12-33(13-3-1)34-22-24-35(25-23-34)36-26-27-49-44(30-36)51-52(57-49)50(53-32-54-51)37-28-38(55-45-18-8-4-14-40(45)41-15-5-9-19-46(41)55)31-39(29-37)56-47-20-10-6-16-42(47)43-17-7-11-21-48(43)56/h1-32H. The van der Waals surface area contributed by atoms with Crippen LogP contribution < -0.4 is 0 Å². The first kappa shape index (κ1) is 31.6. The maximum atomic E-state index is 6.71. The molecule has 0 saturated heterocycles. The van der Waals surface area contributed by atoms with Crippen LogP contribution in [0.1, 0.15) is 0 Å². The van der Waals surface area contributed by atoms with Crippen LogP contribution in [0.5, 0.6) is 0 Å². The zero-order valence-corrected chi connectivity index (χ0v) is 30.7. The van der Waals surface area contributed by atoms with Crippen LogP contribution >= 0.6 is 0 Å². The summed E-state index contributed by atoms with van der Waals surface area (Å²) in [7, 11) is 0. The smallest absolute Gasteiger partial charge is 0.180 e. The first-order valence-electron chi connectivity index (χ1n) is 19.2. The van der Waals surface area contributed by atoms with Gasteiger partial charge in [0.15, 0.2) is 5.58 Å². The van der Waals surface area contributed by atoms with E-state index in [9.17, 15) is 0 Å². The Morgan fingerprint density at radius 1 is 0.351 bits per heavy atom. The summed E-state index contributed by atoms with van der Waals surface area (Å²) in [6.45, 7) is 0. The molecule has 0 saturated carbocycles. The number of nitrogens with zero attached hydrogens (tertiary/aromatic N) is 4. The van der Waals surface area contributed by atoms with Gasteiger partial charge in [-0.2, -0.15) is 0 Å². The maximum absolute atomic E-state index is 6.71. The van der Waals surface area contributed by atoms with Gasteiger partial charge in [-0.05, 0) is 76.9 Å². The van der Waals surface area contributed by atoms with E-state index in [4.69, 9.17) is 14.4 Å². The SMILES string of the molecule is c1ccc(-c2ccc(-c3ccc4oc5c(-c6cc(-n7c8ccccc8c8ccccc87)cc(-n7c8ccccc8c8ccccc87)c6)ncnc5c4c3)cc2)cc1. The highest BCUT2D eigenvalue weighted by Crippen LogP contribution is 2.40. The van der Waals surface area contributed by atoms with Crippen molar-refractivity contribution in [3.63, 3.8) is 0 Å². The van der Waals surface area contributed by atoms with Crippen molar-refractivity contribution >= 4 is 65.7 Å². The molecular formula is C52H32N4O. The fourth-order valence-electron chi connectivity index (χ4n) is 8.84. The average Bonchev–Trinajstić information content (AvgIpc) is 3.94. The van der Waals surface area contributed by atoms with E-state index in [-0.39, 0.29) is 0 Å². The van der Waals surface area contributed by atoms with Gasteiger partial charge in [-0.3, -0.25) is 0 Å². The Kier molecular flexibility index (Phi) is 6.86. The molecule has 0 aliphatic rings. The van der Waals surface area contributed by atoms with Gasteiger partial charge in [-0.25, -0.2) is 9.97 Å². The Bertz CT molecular complexity index is 3280. The molecule has 266 valence electrons. The molecule has 12 aromatic rings. The lowest BCUT2D eigenvalue weighted by Gasteiger charge is -2.15. The highest BCUT2D eigenvalue weighted by molar-refractivity contribution is 6.11. The normalized spacial score (nSPS) is 11.9. The van der Waals surface area contributed by atoms with Crippen LogP contribution in [0.3, 0.4) is 0 Å². The summed E-state index contributed by atoms with van der Waals surface area (Å²) in [4.78, 5) is 9.80. The number of fused-ring (bicyclic) bond motifs is 9. The zero-order valence-electron chi connectivity index (χ0n) is 30.7. The third-order valence-electron chi connectivity index (χ3n) is 11.4. The largest absolute Gasteiger partial charge is 0.452 e. The summed E-state index contributed by atoms with van der Waals surface area (Å²) in [5, 5.41) is 5.81. The van der Waals surface area contributed by atoms with Crippen molar-refractivity contribution in [1.29, 1.82) is 0 Å². The zero-order chi connectivity index (χ0) is 37.5. The van der Waals surface area contributed by atoms with Crippen LogP contribution in [0.4, 0.5) is 0 Å². The van der Waals surface area contributed by atoms with Crippen molar-refractivity contribution in [3.8, 4) is 44.9 Å². The van der Waals surface area contributed by atoms with Crippen LogP contribution in [0.2, 0.25) is 0 Å². The second-order valence-corrected chi connectivity index (χ2v) is 14.6. The predicted octanol–water partition coefficient (Wildman–Crippen LogP) is 13.6. The molecular weight excluding hydrogens is 697 g/mol.